The zero-order chi connectivity index (χ0) is 13.2. The number of rotatable bonds is 3. The second kappa shape index (κ2) is 5.07. The maximum absolute atomic E-state index is 6.20. The monoisotopic (exact) mass is 242 g/mol. The Morgan fingerprint density at radius 2 is 1.83 bits per heavy atom. The van der Waals surface area contributed by atoms with E-state index in [0.29, 0.717) is 0 Å². The Bertz CT molecular complexity index is 526. The molecule has 1 aromatic heterocycles. The number of para-hydroxylation sites is 1. The van der Waals surface area contributed by atoms with Crippen LogP contribution in [0.25, 0.3) is 10.9 Å². The lowest BCUT2D eigenvalue weighted by Crippen LogP contribution is -2.28. The van der Waals surface area contributed by atoms with Gasteiger partial charge in [-0.1, -0.05) is 45.0 Å². The summed E-state index contributed by atoms with van der Waals surface area (Å²) in [4.78, 5) is 4.67. The van der Waals surface area contributed by atoms with Gasteiger partial charge in [0.05, 0.1) is 5.52 Å². The molecule has 2 N–H and O–H groups in total. The lowest BCUT2D eigenvalue weighted by atomic mass is 9.87. The summed E-state index contributed by atoms with van der Waals surface area (Å²) < 4.78 is 0. The summed E-state index contributed by atoms with van der Waals surface area (Å²) in [7, 11) is 0. The number of benzene rings is 1. The Balaban J connectivity index is 2.12. The minimum Gasteiger partial charge on any atom is -0.327 e. The van der Waals surface area contributed by atoms with Gasteiger partial charge in [0.25, 0.3) is 0 Å². The third kappa shape index (κ3) is 3.54. The molecule has 2 aromatic rings. The molecule has 2 rings (SSSR count). The maximum atomic E-state index is 6.20. The highest BCUT2D eigenvalue weighted by atomic mass is 14.7. The van der Waals surface area contributed by atoms with Gasteiger partial charge in [-0.2, -0.15) is 0 Å². The molecule has 18 heavy (non-hydrogen) atoms. The Kier molecular flexibility index (Phi) is 3.67. The largest absolute Gasteiger partial charge is 0.327 e. The van der Waals surface area contributed by atoms with Gasteiger partial charge >= 0.3 is 0 Å². The van der Waals surface area contributed by atoms with Crippen molar-refractivity contribution in [3.05, 3.63) is 42.1 Å². The van der Waals surface area contributed by atoms with Crippen LogP contribution in [-0.4, -0.2) is 11.0 Å². The summed E-state index contributed by atoms with van der Waals surface area (Å²) in [5, 5.41) is 1.19. The van der Waals surface area contributed by atoms with E-state index in [2.05, 4.69) is 44.0 Å². The van der Waals surface area contributed by atoms with Crippen molar-refractivity contribution in [1.82, 2.24) is 4.98 Å². The average molecular weight is 242 g/mol. The zero-order valence-corrected chi connectivity index (χ0v) is 11.5. The second-order valence-corrected chi connectivity index (χ2v) is 6.22. The predicted octanol–water partition coefficient (Wildman–Crippen LogP) is 3.54. The van der Waals surface area contributed by atoms with Gasteiger partial charge in [-0.25, -0.2) is 0 Å². The number of pyridine rings is 1. The molecular formula is C16H22N2. The van der Waals surface area contributed by atoms with Crippen LogP contribution in [0.3, 0.4) is 0 Å². The first-order chi connectivity index (χ1) is 8.44. The molecule has 0 saturated carbocycles. The highest BCUT2D eigenvalue weighted by molar-refractivity contribution is 5.78. The Morgan fingerprint density at radius 3 is 2.56 bits per heavy atom. The third-order valence-corrected chi connectivity index (χ3v) is 3.00. The van der Waals surface area contributed by atoms with E-state index in [9.17, 15) is 0 Å². The molecule has 0 amide bonds. The van der Waals surface area contributed by atoms with Crippen LogP contribution in [0, 0.1) is 5.41 Å². The second-order valence-electron chi connectivity index (χ2n) is 6.22. The number of nitrogens with two attached hydrogens (primary N) is 1. The fraction of sp³-hybridized carbons (Fsp3) is 0.438. The molecule has 0 aliphatic carbocycles. The molecule has 0 saturated heterocycles. The minimum absolute atomic E-state index is 0.179. The first-order valence-electron chi connectivity index (χ1n) is 6.54. The molecule has 0 fully saturated rings. The summed E-state index contributed by atoms with van der Waals surface area (Å²) in [5.74, 6) is 0. The lowest BCUT2D eigenvalue weighted by Gasteiger charge is -2.22. The smallest absolute Gasteiger partial charge is 0.0705 e. The van der Waals surface area contributed by atoms with Gasteiger partial charge in [0.15, 0.2) is 0 Å². The molecule has 1 aromatic carbocycles. The molecule has 0 radical (unpaired) electrons. The summed E-state index contributed by atoms with van der Waals surface area (Å²) in [6.07, 6.45) is 1.86. The number of hydrogen-bond acceptors (Lipinski definition) is 2. The summed E-state index contributed by atoms with van der Waals surface area (Å²) in [6.45, 7) is 6.67. The van der Waals surface area contributed by atoms with Crippen LogP contribution in [-0.2, 0) is 6.42 Å². The Labute approximate surface area is 109 Å². The molecule has 1 atom stereocenters. The highest BCUT2D eigenvalue weighted by Crippen LogP contribution is 2.21. The molecule has 0 aliphatic rings. The predicted molar refractivity (Wildman–Crippen MR) is 77.5 cm³/mol. The summed E-state index contributed by atoms with van der Waals surface area (Å²) in [6, 6.07) is 12.6. The van der Waals surface area contributed by atoms with Crippen molar-refractivity contribution in [2.24, 2.45) is 11.1 Å². The van der Waals surface area contributed by atoms with Crippen molar-refractivity contribution in [3.63, 3.8) is 0 Å². The normalized spacial score (nSPS) is 13.8. The molecular weight excluding hydrogens is 220 g/mol. The van der Waals surface area contributed by atoms with E-state index in [1.807, 2.05) is 18.2 Å². The van der Waals surface area contributed by atoms with Gasteiger partial charge in [0, 0.05) is 23.5 Å². The molecule has 0 spiro atoms. The van der Waals surface area contributed by atoms with Crippen molar-refractivity contribution in [2.75, 3.05) is 0 Å². The van der Waals surface area contributed by atoms with E-state index >= 15 is 0 Å². The van der Waals surface area contributed by atoms with Crippen molar-refractivity contribution >= 4 is 10.9 Å². The van der Waals surface area contributed by atoms with Gasteiger partial charge in [0.1, 0.15) is 0 Å². The number of nitrogens with zero attached hydrogens (tertiary/aromatic N) is 1. The number of aromatic nitrogens is 1. The van der Waals surface area contributed by atoms with Crippen LogP contribution in [0.2, 0.25) is 0 Å². The van der Waals surface area contributed by atoms with Crippen molar-refractivity contribution in [3.8, 4) is 0 Å². The van der Waals surface area contributed by atoms with Crippen LogP contribution in [0.5, 0.6) is 0 Å². The van der Waals surface area contributed by atoms with Crippen LogP contribution < -0.4 is 5.73 Å². The van der Waals surface area contributed by atoms with Crippen LogP contribution >= 0.6 is 0 Å². The Hall–Kier alpha value is -1.41. The minimum atomic E-state index is 0.179. The van der Waals surface area contributed by atoms with E-state index < -0.39 is 0 Å². The Morgan fingerprint density at radius 1 is 1.11 bits per heavy atom. The third-order valence-electron chi connectivity index (χ3n) is 3.00. The SMILES string of the molecule is CC(C)(C)CC(N)Cc1ccc2ccccc2n1. The van der Waals surface area contributed by atoms with Crippen molar-refractivity contribution in [2.45, 2.75) is 39.7 Å². The van der Waals surface area contributed by atoms with Gasteiger partial charge in [0.2, 0.25) is 0 Å². The van der Waals surface area contributed by atoms with E-state index in [4.69, 9.17) is 5.73 Å². The number of hydrogen-bond donors (Lipinski definition) is 1. The van der Waals surface area contributed by atoms with Gasteiger partial charge in [-0.05, 0) is 24.0 Å². The fourth-order valence-electron chi connectivity index (χ4n) is 2.35. The van der Waals surface area contributed by atoms with E-state index in [1.54, 1.807) is 0 Å². The highest BCUT2D eigenvalue weighted by Gasteiger charge is 2.16. The van der Waals surface area contributed by atoms with Crippen LogP contribution in [0.15, 0.2) is 36.4 Å². The van der Waals surface area contributed by atoms with E-state index in [-0.39, 0.29) is 11.5 Å². The molecule has 0 aliphatic heterocycles. The van der Waals surface area contributed by atoms with E-state index in [1.165, 1.54) is 5.39 Å². The molecule has 2 heteroatoms. The average Bonchev–Trinajstić information content (AvgIpc) is 2.26. The first-order valence-corrected chi connectivity index (χ1v) is 6.54. The summed E-state index contributed by atoms with van der Waals surface area (Å²) >= 11 is 0. The number of fused-ring (bicyclic) bond motifs is 1. The van der Waals surface area contributed by atoms with Gasteiger partial charge < -0.3 is 5.73 Å². The lowest BCUT2D eigenvalue weighted by molar-refractivity contribution is 0.337. The van der Waals surface area contributed by atoms with Gasteiger partial charge in [-0.15, -0.1) is 0 Å². The molecule has 96 valence electrons. The molecule has 1 unspecified atom stereocenters. The fourth-order valence-corrected chi connectivity index (χ4v) is 2.35. The van der Waals surface area contributed by atoms with Crippen molar-refractivity contribution < 1.29 is 0 Å². The molecule has 2 nitrogen and oxygen atoms in total. The summed E-state index contributed by atoms with van der Waals surface area (Å²) in [5.41, 5.74) is 8.61. The molecule has 0 bridgehead atoms. The van der Waals surface area contributed by atoms with Crippen LogP contribution in [0.1, 0.15) is 32.9 Å². The van der Waals surface area contributed by atoms with Crippen LogP contribution in [0.4, 0.5) is 0 Å². The van der Waals surface area contributed by atoms with Crippen molar-refractivity contribution in [1.29, 1.82) is 0 Å². The first kappa shape index (κ1) is 13.0. The quantitative estimate of drug-likeness (QED) is 0.894. The topological polar surface area (TPSA) is 38.9 Å². The maximum Gasteiger partial charge on any atom is 0.0705 e. The van der Waals surface area contributed by atoms with Gasteiger partial charge in [-0.3, -0.25) is 4.98 Å². The molecule has 1 heterocycles. The standard InChI is InChI=1S/C16H22N2/c1-16(2,3)11-13(17)10-14-9-8-12-6-4-5-7-15(12)18-14/h4-9,13H,10-11,17H2,1-3H3. The zero-order valence-electron chi connectivity index (χ0n) is 11.5. The van der Waals surface area contributed by atoms with E-state index in [0.717, 1.165) is 24.1 Å².